The Balaban J connectivity index is 2.35. The summed E-state index contributed by atoms with van der Waals surface area (Å²) in [4.78, 5) is 4.02. The molecule has 2 aromatic rings. The maximum atomic E-state index is 9.56. The van der Waals surface area contributed by atoms with Crippen LogP contribution in [0, 0.1) is 6.92 Å². The lowest BCUT2D eigenvalue weighted by molar-refractivity contribution is 0.373. The molecule has 2 rings (SSSR count). The molecule has 0 amide bonds. The number of benzene rings is 1. The third-order valence-corrected chi connectivity index (χ3v) is 2.78. The number of rotatable bonds is 3. The molecule has 0 radical (unpaired) electrons. The maximum absolute atomic E-state index is 9.56. The number of halogens is 1. The van der Waals surface area contributed by atoms with Crippen LogP contribution >= 0.6 is 11.6 Å². The largest absolute Gasteiger partial charge is 0.504 e. The summed E-state index contributed by atoms with van der Waals surface area (Å²) >= 11 is 6.01. The van der Waals surface area contributed by atoms with Gasteiger partial charge in [-0.3, -0.25) is 0 Å². The van der Waals surface area contributed by atoms with Crippen LogP contribution in [-0.2, 0) is 0 Å². The monoisotopic (exact) mass is 280 g/mol. The van der Waals surface area contributed by atoms with Gasteiger partial charge in [-0.2, -0.15) is 5.10 Å². The molecule has 0 aliphatic rings. The van der Waals surface area contributed by atoms with Gasteiger partial charge in [-0.25, -0.2) is 9.66 Å². The van der Waals surface area contributed by atoms with E-state index in [0.717, 1.165) is 5.69 Å². The first-order valence-corrected chi connectivity index (χ1v) is 5.81. The predicted molar refractivity (Wildman–Crippen MR) is 74.0 cm³/mol. The lowest BCUT2D eigenvalue weighted by Gasteiger charge is -2.05. The SMILES string of the molecule is COc1cc(C=Nn2cc(C)nc2N)c(Cl)cc1O. The van der Waals surface area contributed by atoms with Crippen LogP contribution in [0.25, 0.3) is 0 Å². The van der Waals surface area contributed by atoms with E-state index < -0.39 is 0 Å². The molecule has 0 unspecified atom stereocenters. The first-order chi connectivity index (χ1) is 9.01. The second-order valence-electron chi connectivity index (χ2n) is 3.88. The molecule has 7 heteroatoms. The fourth-order valence-electron chi connectivity index (χ4n) is 1.54. The van der Waals surface area contributed by atoms with Crippen LogP contribution in [0.2, 0.25) is 5.02 Å². The Morgan fingerprint density at radius 2 is 2.26 bits per heavy atom. The fraction of sp³-hybridized carbons (Fsp3) is 0.167. The minimum Gasteiger partial charge on any atom is -0.504 e. The van der Waals surface area contributed by atoms with Crippen molar-refractivity contribution in [3.8, 4) is 11.5 Å². The van der Waals surface area contributed by atoms with Gasteiger partial charge in [0.2, 0.25) is 5.95 Å². The molecule has 0 fully saturated rings. The van der Waals surface area contributed by atoms with E-state index in [1.807, 2.05) is 6.92 Å². The van der Waals surface area contributed by atoms with E-state index in [1.54, 1.807) is 12.3 Å². The lowest BCUT2D eigenvalue weighted by Crippen LogP contribution is -1.97. The first-order valence-electron chi connectivity index (χ1n) is 5.43. The molecule has 0 saturated carbocycles. The fourth-order valence-corrected chi connectivity index (χ4v) is 1.75. The second kappa shape index (κ2) is 5.19. The van der Waals surface area contributed by atoms with Gasteiger partial charge >= 0.3 is 0 Å². The average molecular weight is 281 g/mol. The summed E-state index contributed by atoms with van der Waals surface area (Å²) in [6.07, 6.45) is 3.21. The Morgan fingerprint density at radius 1 is 1.53 bits per heavy atom. The third kappa shape index (κ3) is 2.79. The van der Waals surface area contributed by atoms with Gasteiger partial charge in [0.1, 0.15) is 0 Å². The predicted octanol–water partition coefficient (Wildman–Crippen LogP) is 2.02. The van der Waals surface area contributed by atoms with Crippen LogP contribution in [-0.4, -0.2) is 28.1 Å². The summed E-state index contributed by atoms with van der Waals surface area (Å²) in [6, 6.07) is 2.98. The minimum absolute atomic E-state index is 0.0253. The number of nitrogens with two attached hydrogens (primary N) is 1. The van der Waals surface area contributed by atoms with E-state index >= 15 is 0 Å². The Kier molecular flexibility index (Phi) is 3.62. The number of phenolic OH excluding ortho intramolecular Hbond substituents is 1. The van der Waals surface area contributed by atoms with Crippen LogP contribution in [0.4, 0.5) is 5.95 Å². The summed E-state index contributed by atoms with van der Waals surface area (Å²) < 4.78 is 6.44. The van der Waals surface area contributed by atoms with Crippen molar-refractivity contribution in [3.05, 3.63) is 34.6 Å². The number of ether oxygens (including phenoxy) is 1. The molecule has 1 aromatic heterocycles. The van der Waals surface area contributed by atoms with Gasteiger partial charge in [0.15, 0.2) is 11.5 Å². The van der Waals surface area contributed by atoms with E-state index in [2.05, 4.69) is 10.1 Å². The molecule has 1 aromatic carbocycles. The summed E-state index contributed by atoms with van der Waals surface area (Å²) in [5.41, 5.74) is 7.03. The van der Waals surface area contributed by atoms with E-state index in [9.17, 15) is 5.11 Å². The second-order valence-corrected chi connectivity index (χ2v) is 4.28. The van der Waals surface area contributed by atoms with Crippen molar-refractivity contribution in [2.45, 2.75) is 6.92 Å². The Hall–Kier alpha value is -2.21. The Labute approximate surface area is 115 Å². The highest BCUT2D eigenvalue weighted by molar-refractivity contribution is 6.33. The van der Waals surface area contributed by atoms with Crippen molar-refractivity contribution in [3.63, 3.8) is 0 Å². The number of aromatic nitrogens is 2. The molecule has 0 aliphatic carbocycles. The quantitative estimate of drug-likeness (QED) is 0.842. The first kappa shape index (κ1) is 13.2. The number of phenols is 1. The average Bonchev–Trinajstić information content (AvgIpc) is 2.67. The van der Waals surface area contributed by atoms with Crippen molar-refractivity contribution in [1.82, 2.24) is 9.66 Å². The number of anilines is 1. The van der Waals surface area contributed by atoms with E-state index in [1.165, 1.54) is 24.1 Å². The van der Waals surface area contributed by atoms with Crippen LogP contribution in [0.15, 0.2) is 23.4 Å². The molecular formula is C12H13ClN4O2. The normalized spacial score (nSPS) is 11.1. The molecule has 6 nitrogen and oxygen atoms in total. The number of nitrogens with zero attached hydrogens (tertiary/aromatic N) is 3. The zero-order valence-corrected chi connectivity index (χ0v) is 11.2. The van der Waals surface area contributed by atoms with Gasteiger partial charge in [0.25, 0.3) is 0 Å². The van der Waals surface area contributed by atoms with Crippen molar-refractivity contribution < 1.29 is 9.84 Å². The van der Waals surface area contributed by atoms with Gasteiger partial charge in [-0.1, -0.05) is 11.6 Å². The van der Waals surface area contributed by atoms with E-state index in [-0.39, 0.29) is 11.7 Å². The number of aryl methyl sites for hydroxylation is 1. The topological polar surface area (TPSA) is 85.7 Å². The number of hydrogen-bond acceptors (Lipinski definition) is 5. The number of aromatic hydroxyl groups is 1. The van der Waals surface area contributed by atoms with Crippen molar-refractivity contribution in [1.29, 1.82) is 0 Å². The standard InChI is InChI=1S/C12H13ClN4O2/c1-7-6-17(12(14)16-7)15-5-8-3-11(19-2)10(18)4-9(8)13/h3-6,18H,1-2H3,(H2,14,16). The Morgan fingerprint density at radius 3 is 2.84 bits per heavy atom. The van der Waals surface area contributed by atoms with Crippen LogP contribution in [0.1, 0.15) is 11.3 Å². The molecule has 0 spiro atoms. The smallest absolute Gasteiger partial charge is 0.221 e. The molecule has 0 aliphatic heterocycles. The number of imidazole rings is 1. The third-order valence-electron chi connectivity index (χ3n) is 2.45. The van der Waals surface area contributed by atoms with Gasteiger partial charge in [0.05, 0.1) is 30.2 Å². The zero-order valence-electron chi connectivity index (χ0n) is 10.5. The van der Waals surface area contributed by atoms with Crippen LogP contribution < -0.4 is 10.5 Å². The zero-order chi connectivity index (χ0) is 14.0. The molecule has 19 heavy (non-hydrogen) atoms. The molecule has 3 N–H and O–H groups in total. The molecule has 0 atom stereocenters. The van der Waals surface area contributed by atoms with E-state index in [0.29, 0.717) is 16.3 Å². The highest BCUT2D eigenvalue weighted by Gasteiger charge is 2.07. The van der Waals surface area contributed by atoms with Gasteiger partial charge in [-0.05, 0) is 13.0 Å². The molecule has 0 bridgehead atoms. The molecule has 100 valence electrons. The van der Waals surface area contributed by atoms with Gasteiger partial charge < -0.3 is 15.6 Å². The molecule has 0 saturated heterocycles. The Bertz CT molecular complexity index is 637. The summed E-state index contributed by atoms with van der Waals surface area (Å²) in [5, 5.41) is 14.1. The number of methoxy groups -OCH3 is 1. The van der Waals surface area contributed by atoms with Crippen molar-refractivity contribution in [2.75, 3.05) is 12.8 Å². The highest BCUT2D eigenvalue weighted by Crippen LogP contribution is 2.31. The lowest BCUT2D eigenvalue weighted by atomic mass is 10.2. The summed E-state index contributed by atoms with van der Waals surface area (Å²) in [7, 11) is 1.46. The van der Waals surface area contributed by atoms with Gasteiger partial charge in [-0.15, -0.1) is 0 Å². The van der Waals surface area contributed by atoms with Gasteiger partial charge in [0, 0.05) is 11.6 Å². The number of hydrogen-bond donors (Lipinski definition) is 2. The summed E-state index contributed by atoms with van der Waals surface area (Å²) in [5.74, 6) is 0.582. The molecular weight excluding hydrogens is 268 g/mol. The highest BCUT2D eigenvalue weighted by atomic mass is 35.5. The number of nitrogen functional groups attached to an aromatic ring is 1. The summed E-state index contributed by atoms with van der Waals surface area (Å²) in [6.45, 7) is 1.82. The van der Waals surface area contributed by atoms with Crippen LogP contribution in [0.3, 0.4) is 0 Å². The minimum atomic E-state index is -0.0253. The van der Waals surface area contributed by atoms with Crippen molar-refractivity contribution in [2.24, 2.45) is 5.10 Å². The van der Waals surface area contributed by atoms with E-state index in [4.69, 9.17) is 22.1 Å². The van der Waals surface area contributed by atoms with Crippen molar-refractivity contribution >= 4 is 23.8 Å². The molecule has 1 heterocycles. The maximum Gasteiger partial charge on any atom is 0.221 e. The van der Waals surface area contributed by atoms with Crippen LogP contribution in [0.5, 0.6) is 11.5 Å².